The molecule has 5 nitrogen and oxygen atoms in total. The van der Waals surface area contributed by atoms with Crippen LogP contribution in [0.25, 0.3) is 0 Å². The highest BCUT2D eigenvalue weighted by Crippen LogP contribution is 2.00. The minimum Gasteiger partial charge on any atom is -0.384 e. The van der Waals surface area contributed by atoms with E-state index in [4.69, 9.17) is 10.8 Å². The van der Waals surface area contributed by atoms with E-state index < -0.39 is 5.69 Å². The molecule has 1 aromatic rings. The van der Waals surface area contributed by atoms with E-state index >= 15 is 0 Å². The number of aromatic nitrogens is 2. The summed E-state index contributed by atoms with van der Waals surface area (Å²) < 4.78 is 1.28. The Morgan fingerprint density at radius 1 is 1.77 bits per heavy atom. The molecule has 0 saturated carbocycles. The molecule has 3 N–H and O–H groups in total. The standard InChI is InChI=1S/C8H9N3O2/c1-11-5-6(3-2-4-12)7(9)10-8(11)13/h5,12H,4H2,1H3,(H2,9,10,13). The van der Waals surface area contributed by atoms with Crippen molar-refractivity contribution in [1.29, 1.82) is 0 Å². The van der Waals surface area contributed by atoms with E-state index in [1.807, 2.05) is 0 Å². The largest absolute Gasteiger partial charge is 0.384 e. The van der Waals surface area contributed by atoms with Gasteiger partial charge in [0.15, 0.2) is 0 Å². The minimum absolute atomic E-state index is 0.0871. The predicted octanol–water partition coefficient (Wildman–Crippen LogP) is -1.29. The summed E-state index contributed by atoms with van der Waals surface area (Å²) in [5.74, 6) is 5.09. The molecule has 0 spiro atoms. The Hall–Kier alpha value is -1.80. The van der Waals surface area contributed by atoms with E-state index in [0.29, 0.717) is 5.56 Å². The molecule has 0 aliphatic rings. The summed E-state index contributed by atoms with van der Waals surface area (Å²) >= 11 is 0. The molecule has 0 unspecified atom stereocenters. The molecule has 0 amide bonds. The third-order valence-electron chi connectivity index (χ3n) is 1.42. The number of nitrogen functional groups attached to an aromatic ring is 1. The Morgan fingerprint density at radius 2 is 2.46 bits per heavy atom. The van der Waals surface area contributed by atoms with Crippen LogP contribution in [0.2, 0.25) is 0 Å². The van der Waals surface area contributed by atoms with E-state index in [9.17, 15) is 4.79 Å². The summed E-state index contributed by atoms with van der Waals surface area (Å²) in [5, 5.41) is 8.44. The predicted molar refractivity (Wildman–Crippen MR) is 47.9 cm³/mol. The highest BCUT2D eigenvalue weighted by molar-refractivity contribution is 5.48. The van der Waals surface area contributed by atoms with Crippen molar-refractivity contribution in [3.63, 3.8) is 0 Å². The van der Waals surface area contributed by atoms with Crippen molar-refractivity contribution in [3.05, 3.63) is 22.2 Å². The van der Waals surface area contributed by atoms with Gasteiger partial charge in [-0.15, -0.1) is 0 Å². The summed E-state index contributed by atoms with van der Waals surface area (Å²) in [4.78, 5) is 14.5. The molecule has 0 radical (unpaired) electrons. The second-order valence-corrected chi connectivity index (χ2v) is 2.39. The average Bonchev–Trinajstić information content (AvgIpc) is 2.09. The van der Waals surface area contributed by atoms with Crippen molar-refractivity contribution in [2.75, 3.05) is 12.3 Å². The molecule has 13 heavy (non-hydrogen) atoms. The van der Waals surface area contributed by atoms with E-state index in [1.54, 1.807) is 7.05 Å². The zero-order valence-corrected chi connectivity index (χ0v) is 7.11. The molecule has 0 aliphatic carbocycles. The van der Waals surface area contributed by atoms with Gasteiger partial charge in [0, 0.05) is 13.2 Å². The fourth-order valence-corrected chi connectivity index (χ4v) is 0.788. The van der Waals surface area contributed by atoms with Gasteiger partial charge in [-0.25, -0.2) is 4.79 Å². The second kappa shape index (κ2) is 3.74. The van der Waals surface area contributed by atoms with Gasteiger partial charge in [0.1, 0.15) is 12.4 Å². The van der Waals surface area contributed by atoms with Crippen LogP contribution < -0.4 is 11.4 Å². The summed E-state index contributed by atoms with van der Waals surface area (Å²) in [5.41, 5.74) is 5.44. The quantitative estimate of drug-likeness (QED) is 0.485. The molecule has 68 valence electrons. The van der Waals surface area contributed by atoms with Gasteiger partial charge in [-0.3, -0.25) is 0 Å². The molecule has 0 fully saturated rings. The molecule has 1 aromatic heterocycles. The molecule has 0 saturated heterocycles. The Bertz CT molecular complexity index is 425. The highest BCUT2D eigenvalue weighted by atomic mass is 16.2. The third kappa shape index (κ3) is 2.07. The molecule has 0 aromatic carbocycles. The van der Waals surface area contributed by atoms with Gasteiger partial charge in [-0.2, -0.15) is 4.98 Å². The van der Waals surface area contributed by atoms with E-state index in [2.05, 4.69) is 16.8 Å². The lowest BCUT2D eigenvalue weighted by atomic mass is 10.3. The SMILES string of the molecule is Cn1cc(C#CCO)c(N)nc1=O. The van der Waals surface area contributed by atoms with Gasteiger partial charge in [0.05, 0.1) is 5.56 Å². The molecule has 1 heterocycles. The maximum Gasteiger partial charge on any atom is 0.349 e. The van der Waals surface area contributed by atoms with Crippen LogP contribution in [0.15, 0.2) is 11.0 Å². The number of hydrogen-bond acceptors (Lipinski definition) is 4. The molecule has 1 rings (SSSR count). The van der Waals surface area contributed by atoms with Gasteiger partial charge >= 0.3 is 5.69 Å². The van der Waals surface area contributed by atoms with Crippen LogP contribution >= 0.6 is 0 Å². The first-order valence-corrected chi connectivity index (χ1v) is 3.58. The molecule has 0 bridgehead atoms. The van der Waals surface area contributed by atoms with Gasteiger partial charge < -0.3 is 15.4 Å². The Kier molecular flexibility index (Phi) is 2.67. The summed E-state index contributed by atoms with van der Waals surface area (Å²) in [6.45, 7) is -0.248. The van der Waals surface area contributed by atoms with E-state index in [-0.39, 0.29) is 12.4 Å². The fraction of sp³-hybridized carbons (Fsp3) is 0.250. The first-order valence-electron chi connectivity index (χ1n) is 3.58. The molecule has 5 heteroatoms. The topological polar surface area (TPSA) is 81.1 Å². The first-order chi connectivity index (χ1) is 6.15. The average molecular weight is 179 g/mol. The van der Waals surface area contributed by atoms with Crippen LogP contribution in [0, 0.1) is 11.8 Å². The van der Waals surface area contributed by atoms with Crippen LogP contribution in [0.4, 0.5) is 5.82 Å². The number of anilines is 1. The number of nitrogens with zero attached hydrogens (tertiary/aromatic N) is 2. The zero-order valence-electron chi connectivity index (χ0n) is 7.11. The Morgan fingerprint density at radius 3 is 3.08 bits per heavy atom. The van der Waals surface area contributed by atoms with Gasteiger partial charge in [-0.05, 0) is 0 Å². The van der Waals surface area contributed by atoms with Crippen LogP contribution in [0.1, 0.15) is 5.56 Å². The van der Waals surface area contributed by atoms with Crippen molar-refractivity contribution < 1.29 is 5.11 Å². The van der Waals surface area contributed by atoms with E-state index in [0.717, 1.165) is 0 Å². The van der Waals surface area contributed by atoms with Crippen molar-refractivity contribution in [1.82, 2.24) is 9.55 Å². The maximum absolute atomic E-state index is 10.9. The Labute approximate surface area is 74.8 Å². The number of aliphatic hydroxyl groups is 1. The van der Waals surface area contributed by atoms with Gasteiger partial charge in [0.25, 0.3) is 0 Å². The number of rotatable bonds is 0. The molecular formula is C8H9N3O2. The summed E-state index contributed by atoms with van der Waals surface area (Å²) in [6.07, 6.45) is 1.48. The summed E-state index contributed by atoms with van der Waals surface area (Å²) in [6, 6.07) is 0. The van der Waals surface area contributed by atoms with Crippen molar-refractivity contribution >= 4 is 5.82 Å². The first kappa shape index (κ1) is 9.29. The maximum atomic E-state index is 10.9. The molecular weight excluding hydrogens is 170 g/mol. The van der Waals surface area contributed by atoms with Crippen LogP contribution in [-0.4, -0.2) is 21.3 Å². The number of aryl methyl sites for hydroxylation is 1. The van der Waals surface area contributed by atoms with Gasteiger partial charge in [0.2, 0.25) is 0 Å². The van der Waals surface area contributed by atoms with Crippen LogP contribution in [-0.2, 0) is 7.05 Å². The van der Waals surface area contributed by atoms with Crippen molar-refractivity contribution in [3.8, 4) is 11.8 Å². The zero-order chi connectivity index (χ0) is 9.84. The third-order valence-corrected chi connectivity index (χ3v) is 1.42. The van der Waals surface area contributed by atoms with Crippen molar-refractivity contribution in [2.24, 2.45) is 7.05 Å². The lowest BCUT2D eigenvalue weighted by molar-refractivity contribution is 0.350. The fourth-order valence-electron chi connectivity index (χ4n) is 0.788. The normalized spacial score (nSPS) is 9.08. The van der Waals surface area contributed by atoms with Crippen LogP contribution in [0.5, 0.6) is 0 Å². The van der Waals surface area contributed by atoms with E-state index in [1.165, 1.54) is 10.8 Å². The smallest absolute Gasteiger partial charge is 0.349 e. The van der Waals surface area contributed by atoms with Crippen molar-refractivity contribution in [2.45, 2.75) is 0 Å². The van der Waals surface area contributed by atoms with Crippen LogP contribution in [0.3, 0.4) is 0 Å². The van der Waals surface area contributed by atoms with Gasteiger partial charge in [-0.1, -0.05) is 11.8 Å². The number of nitrogens with two attached hydrogens (primary N) is 1. The molecule has 0 aliphatic heterocycles. The second-order valence-electron chi connectivity index (χ2n) is 2.39. The lowest BCUT2D eigenvalue weighted by Crippen LogP contribution is -2.21. The number of hydrogen-bond donors (Lipinski definition) is 2. The monoisotopic (exact) mass is 179 g/mol. The highest BCUT2D eigenvalue weighted by Gasteiger charge is 1.99. The lowest BCUT2D eigenvalue weighted by Gasteiger charge is -1.99. The Balaban J connectivity index is 3.24. The molecule has 0 atom stereocenters. The summed E-state index contributed by atoms with van der Waals surface area (Å²) in [7, 11) is 1.55. The minimum atomic E-state index is -0.424. The number of aliphatic hydroxyl groups excluding tert-OH is 1.